The molecule has 1 aliphatic heterocycles. The van der Waals surface area contributed by atoms with E-state index in [2.05, 4.69) is 30.1 Å². The number of piperazine rings is 1. The summed E-state index contributed by atoms with van der Waals surface area (Å²) in [4.78, 5) is 13.8. The molecular formula is C16H22N6O2. The Morgan fingerprint density at radius 3 is 1.50 bits per heavy atom. The van der Waals surface area contributed by atoms with E-state index in [0.29, 0.717) is 11.8 Å². The number of hydrogen-bond acceptors (Lipinski definition) is 8. The number of nitrogens with zero attached hydrogens (tertiary/aromatic N) is 6. The first-order valence-corrected chi connectivity index (χ1v) is 8.93. The molecule has 0 N–H and O–H groups in total. The normalized spacial score (nSPS) is 23.0. The number of hydrogen-bond donors (Lipinski definition) is 0. The van der Waals surface area contributed by atoms with Gasteiger partial charge in [-0.2, -0.15) is 9.97 Å². The number of aromatic nitrogens is 4. The molecular weight excluding hydrogens is 308 g/mol. The molecule has 0 radical (unpaired) electrons. The molecule has 0 bridgehead atoms. The first-order chi connectivity index (χ1) is 11.8. The molecule has 3 fully saturated rings. The smallest absolute Gasteiger partial charge is 0.240 e. The van der Waals surface area contributed by atoms with Gasteiger partial charge >= 0.3 is 0 Å². The van der Waals surface area contributed by atoms with Crippen LogP contribution in [0.3, 0.4) is 0 Å². The SMILES string of the molecule is C1CC1c1noc(CN2CCN(Cc3nc(C4CC4)no3)CC2)n1. The Kier molecular flexibility index (Phi) is 3.59. The van der Waals surface area contributed by atoms with E-state index in [1.54, 1.807) is 0 Å². The Morgan fingerprint density at radius 2 is 1.12 bits per heavy atom. The molecule has 2 aromatic rings. The van der Waals surface area contributed by atoms with Crippen LogP contribution < -0.4 is 0 Å². The Hall–Kier alpha value is -1.80. The molecule has 128 valence electrons. The predicted molar refractivity (Wildman–Crippen MR) is 83.1 cm³/mol. The Morgan fingerprint density at radius 1 is 0.708 bits per heavy atom. The molecule has 0 unspecified atom stereocenters. The van der Waals surface area contributed by atoms with Gasteiger partial charge in [0.05, 0.1) is 13.1 Å². The van der Waals surface area contributed by atoms with Gasteiger partial charge in [-0.05, 0) is 25.7 Å². The monoisotopic (exact) mass is 330 g/mol. The largest absolute Gasteiger partial charge is 0.338 e. The van der Waals surface area contributed by atoms with Crippen molar-refractivity contribution in [2.24, 2.45) is 0 Å². The van der Waals surface area contributed by atoms with Gasteiger partial charge in [0, 0.05) is 38.0 Å². The van der Waals surface area contributed by atoms with E-state index >= 15 is 0 Å². The second-order valence-electron chi connectivity index (χ2n) is 7.19. The van der Waals surface area contributed by atoms with Crippen LogP contribution in [-0.4, -0.2) is 56.3 Å². The minimum atomic E-state index is 0.550. The number of rotatable bonds is 6. The van der Waals surface area contributed by atoms with Gasteiger partial charge < -0.3 is 9.05 Å². The van der Waals surface area contributed by atoms with Crippen molar-refractivity contribution in [3.63, 3.8) is 0 Å². The van der Waals surface area contributed by atoms with Crippen molar-refractivity contribution in [3.8, 4) is 0 Å². The van der Waals surface area contributed by atoms with Crippen molar-refractivity contribution >= 4 is 0 Å². The summed E-state index contributed by atoms with van der Waals surface area (Å²) in [5.41, 5.74) is 0. The standard InChI is InChI=1S/C16H22N6O2/c1-2-11(1)15-17-13(23-19-15)9-21-5-7-22(8-6-21)10-14-18-16(20-24-14)12-3-4-12/h11-12H,1-10H2. The van der Waals surface area contributed by atoms with E-state index in [4.69, 9.17) is 9.05 Å². The highest BCUT2D eigenvalue weighted by Gasteiger charge is 2.30. The maximum absolute atomic E-state index is 5.37. The van der Waals surface area contributed by atoms with Gasteiger partial charge in [-0.25, -0.2) is 0 Å². The minimum Gasteiger partial charge on any atom is -0.338 e. The summed E-state index contributed by atoms with van der Waals surface area (Å²) >= 11 is 0. The summed E-state index contributed by atoms with van der Waals surface area (Å²) in [6.45, 7) is 5.46. The minimum absolute atomic E-state index is 0.550. The average Bonchev–Trinajstić information content (AvgIpc) is 3.53. The first kappa shape index (κ1) is 14.5. The molecule has 2 aliphatic carbocycles. The highest BCUT2D eigenvalue weighted by atomic mass is 16.5. The van der Waals surface area contributed by atoms with Crippen LogP contribution in [0.2, 0.25) is 0 Å². The van der Waals surface area contributed by atoms with E-state index < -0.39 is 0 Å². The molecule has 5 rings (SSSR count). The van der Waals surface area contributed by atoms with Gasteiger partial charge in [0.1, 0.15) is 0 Å². The Labute approximate surface area is 140 Å². The van der Waals surface area contributed by atoms with Crippen molar-refractivity contribution in [1.82, 2.24) is 30.1 Å². The predicted octanol–water partition coefficient (Wildman–Crippen LogP) is 1.53. The fourth-order valence-electron chi connectivity index (χ4n) is 3.17. The van der Waals surface area contributed by atoms with Gasteiger partial charge in [-0.3, -0.25) is 9.80 Å². The van der Waals surface area contributed by atoms with Crippen LogP contribution in [-0.2, 0) is 13.1 Å². The molecule has 3 heterocycles. The van der Waals surface area contributed by atoms with Crippen molar-refractivity contribution in [1.29, 1.82) is 0 Å². The highest BCUT2D eigenvalue weighted by Crippen LogP contribution is 2.38. The molecule has 1 saturated heterocycles. The third-order valence-corrected chi connectivity index (χ3v) is 5.04. The van der Waals surface area contributed by atoms with Crippen LogP contribution in [0, 0.1) is 0 Å². The van der Waals surface area contributed by atoms with Gasteiger partial charge in [-0.1, -0.05) is 10.3 Å². The van der Waals surface area contributed by atoms with Crippen LogP contribution >= 0.6 is 0 Å². The van der Waals surface area contributed by atoms with Gasteiger partial charge in [-0.15, -0.1) is 0 Å². The fraction of sp³-hybridized carbons (Fsp3) is 0.750. The van der Waals surface area contributed by atoms with Crippen molar-refractivity contribution < 1.29 is 9.05 Å². The molecule has 3 aliphatic rings. The van der Waals surface area contributed by atoms with E-state index in [-0.39, 0.29) is 0 Å². The lowest BCUT2D eigenvalue weighted by molar-refractivity contribution is 0.103. The fourth-order valence-corrected chi connectivity index (χ4v) is 3.17. The quantitative estimate of drug-likeness (QED) is 0.788. The maximum atomic E-state index is 5.37. The summed E-state index contributed by atoms with van der Waals surface area (Å²) < 4.78 is 10.7. The molecule has 0 spiro atoms. The molecule has 24 heavy (non-hydrogen) atoms. The topological polar surface area (TPSA) is 84.3 Å². The zero-order chi connectivity index (χ0) is 15.9. The third kappa shape index (κ3) is 3.21. The second kappa shape index (κ2) is 5.93. The summed E-state index contributed by atoms with van der Waals surface area (Å²) in [5.74, 6) is 4.38. The molecule has 2 aromatic heterocycles. The zero-order valence-electron chi connectivity index (χ0n) is 13.7. The zero-order valence-corrected chi connectivity index (χ0v) is 13.7. The van der Waals surface area contributed by atoms with Gasteiger partial charge in [0.25, 0.3) is 0 Å². The maximum Gasteiger partial charge on any atom is 0.240 e. The molecule has 0 amide bonds. The van der Waals surface area contributed by atoms with Gasteiger partial charge in [0.2, 0.25) is 11.8 Å². The first-order valence-electron chi connectivity index (χ1n) is 8.93. The van der Waals surface area contributed by atoms with Crippen LogP contribution in [0.25, 0.3) is 0 Å². The van der Waals surface area contributed by atoms with Crippen LogP contribution in [0.5, 0.6) is 0 Å². The average molecular weight is 330 g/mol. The Balaban J connectivity index is 1.10. The summed E-state index contributed by atoms with van der Waals surface area (Å²) in [5, 5.41) is 8.17. The third-order valence-electron chi connectivity index (χ3n) is 5.04. The van der Waals surface area contributed by atoms with Crippen LogP contribution in [0.1, 0.15) is 60.9 Å². The molecule has 0 aromatic carbocycles. The summed E-state index contributed by atoms with van der Waals surface area (Å²) in [7, 11) is 0. The lowest BCUT2D eigenvalue weighted by Gasteiger charge is -2.32. The van der Waals surface area contributed by atoms with E-state index in [0.717, 1.165) is 62.7 Å². The van der Waals surface area contributed by atoms with E-state index in [1.807, 2.05) is 0 Å². The van der Waals surface area contributed by atoms with Crippen LogP contribution in [0.4, 0.5) is 0 Å². The van der Waals surface area contributed by atoms with Crippen molar-refractivity contribution in [3.05, 3.63) is 23.4 Å². The summed E-state index contributed by atoms with van der Waals surface area (Å²) in [6, 6.07) is 0. The molecule has 0 atom stereocenters. The van der Waals surface area contributed by atoms with Gasteiger partial charge in [0.15, 0.2) is 11.6 Å². The second-order valence-corrected chi connectivity index (χ2v) is 7.19. The summed E-state index contributed by atoms with van der Waals surface area (Å²) in [6.07, 6.45) is 4.82. The van der Waals surface area contributed by atoms with Crippen molar-refractivity contribution in [2.45, 2.75) is 50.6 Å². The lowest BCUT2D eigenvalue weighted by atomic mass is 10.3. The Bertz CT molecular complexity index is 637. The lowest BCUT2D eigenvalue weighted by Crippen LogP contribution is -2.45. The van der Waals surface area contributed by atoms with Crippen molar-refractivity contribution in [2.75, 3.05) is 26.2 Å². The molecule has 8 nitrogen and oxygen atoms in total. The van der Waals surface area contributed by atoms with E-state index in [9.17, 15) is 0 Å². The van der Waals surface area contributed by atoms with E-state index in [1.165, 1.54) is 25.7 Å². The van der Waals surface area contributed by atoms with Crippen LogP contribution in [0.15, 0.2) is 9.05 Å². The molecule has 2 saturated carbocycles. The highest BCUT2D eigenvalue weighted by molar-refractivity contribution is 5.04. The molecule has 8 heteroatoms.